The molecule has 1 aromatic heterocycles. The van der Waals surface area contributed by atoms with E-state index in [9.17, 15) is 9.90 Å². The van der Waals surface area contributed by atoms with Crippen molar-refractivity contribution in [3.05, 3.63) is 87.4 Å². The molecule has 1 heterocycles. The van der Waals surface area contributed by atoms with Gasteiger partial charge in [0.15, 0.2) is 0 Å². The molecule has 0 saturated heterocycles. The Hall–Kier alpha value is -2.69. The molecule has 1 fully saturated rings. The summed E-state index contributed by atoms with van der Waals surface area (Å²) in [5.41, 5.74) is 2.85. The summed E-state index contributed by atoms with van der Waals surface area (Å²) in [7, 11) is 0. The maximum Gasteiger partial charge on any atom is 0.261 e. The third-order valence-corrected chi connectivity index (χ3v) is 6.24. The van der Waals surface area contributed by atoms with Crippen molar-refractivity contribution in [3.8, 4) is 0 Å². The van der Waals surface area contributed by atoms with Crippen molar-refractivity contribution in [2.75, 3.05) is 0 Å². The lowest BCUT2D eigenvalue weighted by Gasteiger charge is -2.18. The Kier molecular flexibility index (Phi) is 4.61. The van der Waals surface area contributed by atoms with Crippen LogP contribution in [-0.2, 0) is 6.42 Å². The summed E-state index contributed by atoms with van der Waals surface area (Å²) in [6, 6.07) is 17.7. The van der Waals surface area contributed by atoms with Gasteiger partial charge in [0.05, 0.1) is 29.4 Å². The van der Waals surface area contributed by atoms with Crippen LogP contribution in [0.1, 0.15) is 36.4 Å². The Morgan fingerprint density at radius 2 is 1.79 bits per heavy atom. The molecule has 5 heteroatoms. The standard InChI is InChI=1S/C24H21ClN2O2/c25-17-10-8-15(9-11-17)12-16-13-20-23(19-5-2-1-4-18(16)19)26-14-27(24(20)29)21-6-3-7-22(21)28/h1-2,4-5,8-11,13-14,21-22,28H,3,6-7,12H2/t21-,22-/m0/s1. The Morgan fingerprint density at radius 3 is 2.52 bits per heavy atom. The van der Waals surface area contributed by atoms with E-state index in [0.717, 1.165) is 41.2 Å². The van der Waals surface area contributed by atoms with Gasteiger partial charge in [-0.3, -0.25) is 9.36 Å². The second-order valence-electron chi connectivity index (χ2n) is 7.80. The van der Waals surface area contributed by atoms with Crippen LogP contribution in [0.2, 0.25) is 5.02 Å². The number of hydrogen-bond acceptors (Lipinski definition) is 3. The SMILES string of the molecule is O=c1c2cc(Cc3ccc(Cl)cc3)c3ccccc3c2ncn1[C@H]1CCC[C@@H]1O. The molecule has 0 spiro atoms. The maximum absolute atomic E-state index is 13.3. The van der Waals surface area contributed by atoms with Crippen LogP contribution < -0.4 is 5.56 Å². The lowest BCUT2D eigenvalue weighted by atomic mass is 9.96. The fourth-order valence-corrected chi connectivity index (χ4v) is 4.62. The predicted octanol–water partition coefficient (Wildman–Crippen LogP) is 4.88. The average Bonchev–Trinajstić information content (AvgIpc) is 3.16. The Bertz CT molecular complexity index is 1260. The van der Waals surface area contributed by atoms with E-state index < -0.39 is 6.10 Å². The summed E-state index contributed by atoms with van der Waals surface area (Å²) in [4.78, 5) is 18.0. The molecule has 0 amide bonds. The number of aromatic nitrogens is 2. The van der Waals surface area contributed by atoms with Crippen molar-refractivity contribution in [1.82, 2.24) is 9.55 Å². The molecule has 3 aromatic carbocycles. The number of nitrogens with zero attached hydrogens (tertiary/aromatic N) is 2. The van der Waals surface area contributed by atoms with Crippen LogP contribution in [-0.4, -0.2) is 20.8 Å². The molecular weight excluding hydrogens is 384 g/mol. The molecule has 4 nitrogen and oxygen atoms in total. The molecule has 1 saturated carbocycles. The predicted molar refractivity (Wildman–Crippen MR) is 117 cm³/mol. The van der Waals surface area contributed by atoms with E-state index in [1.807, 2.05) is 48.5 Å². The second kappa shape index (κ2) is 7.29. The maximum atomic E-state index is 13.3. The van der Waals surface area contributed by atoms with E-state index in [4.69, 9.17) is 11.6 Å². The van der Waals surface area contributed by atoms with Gasteiger partial charge in [-0.2, -0.15) is 0 Å². The molecule has 0 radical (unpaired) electrons. The number of hydrogen-bond donors (Lipinski definition) is 1. The first-order valence-electron chi connectivity index (χ1n) is 9.96. The number of rotatable bonds is 3. The first kappa shape index (κ1) is 18.3. The zero-order valence-electron chi connectivity index (χ0n) is 15.9. The van der Waals surface area contributed by atoms with Crippen molar-refractivity contribution in [2.24, 2.45) is 0 Å². The highest BCUT2D eigenvalue weighted by molar-refractivity contribution is 6.30. The van der Waals surface area contributed by atoms with Gasteiger partial charge in [0.2, 0.25) is 0 Å². The normalized spacial score (nSPS) is 19.2. The number of fused-ring (bicyclic) bond motifs is 3. The van der Waals surface area contributed by atoms with Crippen LogP contribution in [0.5, 0.6) is 0 Å². The Labute approximate surface area is 173 Å². The first-order chi connectivity index (χ1) is 14.1. The van der Waals surface area contributed by atoms with Gasteiger partial charge in [-0.05, 0) is 60.4 Å². The van der Waals surface area contributed by atoms with Crippen molar-refractivity contribution in [3.63, 3.8) is 0 Å². The fourth-order valence-electron chi connectivity index (χ4n) is 4.50. The lowest BCUT2D eigenvalue weighted by molar-refractivity contribution is 0.134. The van der Waals surface area contributed by atoms with Crippen LogP contribution in [0.15, 0.2) is 65.7 Å². The van der Waals surface area contributed by atoms with E-state index >= 15 is 0 Å². The molecule has 0 aliphatic heterocycles. The minimum Gasteiger partial charge on any atom is -0.391 e. The van der Waals surface area contributed by atoms with Gasteiger partial charge in [-0.1, -0.05) is 48.0 Å². The molecule has 1 N–H and O–H groups in total. The average molecular weight is 405 g/mol. The summed E-state index contributed by atoms with van der Waals surface area (Å²) >= 11 is 6.03. The molecule has 4 aromatic rings. The van der Waals surface area contributed by atoms with E-state index in [2.05, 4.69) is 11.1 Å². The Balaban J connectivity index is 1.72. The summed E-state index contributed by atoms with van der Waals surface area (Å²) in [5, 5.41) is 13.7. The lowest BCUT2D eigenvalue weighted by Crippen LogP contribution is -2.29. The quantitative estimate of drug-likeness (QED) is 0.495. The Morgan fingerprint density at radius 1 is 1.03 bits per heavy atom. The zero-order valence-corrected chi connectivity index (χ0v) is 16.6. The largest absolute Gasteiger partial charge is 0.391 e. The van der Waals surface area contributed by atoms with Gasteiger partial charge in [0.1, 0.15) is 0 Å². The molecule has 146 valence electrons. The molecule has 1 aliphatic carbocycles. The smallest absolute Gasteiger partial charge is 0.261 e. The van der Waals surface area contributed by atoms with Gasteiger partial charge in [-0.15, -0.1) is 0 Å². The van der Waals surface area contributed by atoms with Gasteiger partial charge in [0.25, 0.3) is 5.56 Å². The van der Waals surface area contributed by atoms with Crippen molar-refractivity contribution in [2.45, 2.75) is 37.8 Å². The van der Waals surface area contributed by atoms with Crippen LogP contribution in [0.4, 0.5) is 0 Å². The summed E-state index contributed by atoms with van der Waals surface area (Å²) in [5.74, 6) is 0. The second-order valence-corrected chi connectivity index (χ2v) is 8.24. The van der Waals surface area contributed by atoms with Crippen LogP contribution in [0, 0.1) is 0 Å². The molecule has 0 bridgehead atoms. The minimum atomic E-state index is -0.485. The van der Waals surface area contributed by atoms with Gasteiger partial charge in [-0.25, -0.2) is 4.98 Å². The van der Waals surface area contributed by atoms with Crippen molar-refractivity contribution >= 4 is 33.3 Å². The summed E-state index contributed by atoms with van der Waals surface area (Å²) in [6.45, 7) is 0. The molecule has 29 heavy (non-hydrogen) atoms. The molecule has 1 aliphatic rings. The van der Waals surface area contributed by atoms with E-state index in [0.29, 0.717) is 22.3 Å². The minimum absolute atomic E-state index is 0.0796. The van der Waals surface area contributed by atoms with Crippen LogP contribution >= 0.6 is 11.6 Å². The fraction of sp³-hybridized carbons (Fsp3) is 0.250. The summed E-state index contributed by atoms with van der Waals surface area (Å²) < 4.78 is 1.63. The third kappa shape index (κ3) is 3.22. The number of halogens is 1. The molecule has 0 unspecified atom stereocenters. The topological polar surface area (TPSA) is 55.1 Å². The number of aliphatic hydroxyl groups is 1. The van der Waals surface area contributed by atoms with E-state index in [-0.39, 0.29) is 11.6 Å². The summed E-state index contributed by atoms with van der Waals surface area (Å²) in [6.07, 6.45) is 4.29. The van der Waals surface area contributed by atoms with E-state index in [1.54, 1.807) is 10.9 Å². The van der Waals surface area contributed by atoms with Gasteiger partial charge >= 0.3 is 0 Å². The molecular formula is C24H21ClN2O2. The number of benzene rings is 3. The highest BCUT2D eigenvalue weighted by atomic mass is 35.5. The highest BCUT2D eigenvalue weighted by Gasteiger charge is 2.28. The molecule has 5 rings (SSSR count). The van der Waals surface area contributed by atoms with Gasteiger partial charge < -0.3 is 5.11 Å². The zero-order chi connectivity index (χ0) is 20.0. The highest BCUT2D eigenvalue weighted by Crippen LogP contribution is 2.31. The molecule has 2 atom stereocenters. The van der Waals surface area contributed by atoms with E-state index in [1.165, 1.54) is 0 Å². The van der Waals surface area contributed by atoms with Crippen LogP contribution in [0.3, 0.4) is 0 Å². The van der Waals surface area contributed by atoms with Crippen molar-refractivity contribution in [1.29, 1.82) is 0 Å². The third-order valence-electron chi connectivity index (χ3n) is 5.99. The van der Waals surface area contributed by atoms with Gasteiger partial charge in [0, 0.05) is 10.4 Å². The van der Waals surface area contributed by atoms with Crippen molar-refractivity contribution < 1.29 is 5.11 Å². The first-order valence-corrected chi connectivity index (χ1v) is 10.3. The monoisotopic (exact) mass is 404 g/mol. The number of aliphatic hydroxyl groups excluding tert-OH is 1. The van der Waals surface area contributed by atoms with Crippen LogP contribution in [0.25, 0.3) is 21.7 Å².